The van der Waals surface area contributed by atoms with E-state index >= 15 is 0 Å². The summed E-state index contributed by atoms with van der Waals surface area (Å²) in [5.74, 6) is 0. The first kappa shape index (κ1) is 38.2. The van der Waals surface area contributed by atoms with Gasteiger partial charge in [-0.1, -0.05) is 36.4 Å². The summed E-state index contributed by atoms with van der Waals surface area (Å²) in [6, 6.07) is 19.1. The molecule has 0 atom stereocenters. The van der Waals surface area contributed by atoms with Crippen LogP contribution >= 0.6 is 41.2 Å². The molecule has 0 unspecified atom stereocenters. The summed E-state index contributed by atoms with van der Waals surface area (Å²) in [7, 11) is 2.06. The number of hydrogen-bond acceptors (Lipinski definition) is 10. The molecule has 2 aromatic rings. The molecule has 6 nitrogen and oxygen atoms in total. The molecule has 42 heavy (non-hydrogen) atoms. The van der Waals surface area contributed by atoms with Crippen LogP contribution in [0.4, 0.5) is 0 Å². The predicted octanol–water partition coefficient (Wildman–Crippen LogP) is 9.74. The Morgan fingerprint density at radius 2 is 0.786 bits per heavy atom. The van der Waals surface area contributed by atoms with Crippen molar-refractivity contribution in [1.29, 1.82) is 0 Å². The molecule has 0 aromatic heterocycles. The van der Waals surface area contributed by atoms with Gasteiger partial charge in [-0.2, -0.15) is 0 Å². The fourth-order valence-corrected chi connectivity index (χ4v) is 15.8. The molecule has 0 aliphatic rings. The molecule has 0 fully saturated rings. The lowest BCUT2D eigenvalue weighted by molar-refractivity contribution is 0.0700. The molecule has 0 aliphatic carbocycles. The third kappa shape index (κ3) is 13.6. The van der Waals surface area contributed by atoms with Crippen LogP contribution in [0.25, 0.3) is 0 Å². The van der Waals surface area contributed by atoms with Crippen molar-refractivity contribution in [2.24, 2.45) is 0 Å². The molecule has 0 amide bonds. The average molecular weight is 691 g/mol. The Morgan fingerprint density at radius 3 is 1.10 bits per heavy atom. The quantitative estimate of drug-likeness (QED) is 0.0572. The number of benzene rings is 2. The Kier molecular flexibility index (Phi) is 20.5. The zero-order chi connectivity index (χ0) is 30.5. The number of aryl methyl sites for hydroxylation is 2. The Bertz CT molecular complexity index is 879. The molecule has 0 saturated carbocycles. The topological polar surface area (TPSA) is 55.4 Å². The fourth-order valence-electron chi connectivity index (χ4n) is 4.68. The molecule has 0 N–H and O–H groups in total. The van der Waals surface area contributed by atoms with Gasteiger partial charge in [0.15, 0.2) is 0 Å². The van der Waals surface area contributed by atoms with E-state index in [9.17, 15) is 0 Å². The summed E-state index contributed by atoms with van der Waals surface area (Å²) in [4.78, 5) is 2.62. The first-order valence-corrected chi connectivity index (χ1v) is 23.9. The van der Waals surface area contributed by atoms with Crippen molar-refractivity contribution < 1.29 is 26.6 Å². The van der Waals surface area contributed by atoms with E-state index in [0.717, 1.165) is 37.8 Å². The zero-order valence-corrected chi connectivity index (χ0v) is 31.5. The van der Waals surface area contributed by atoms with Crippen molar-refractivity contribution in [3.05, 3.63) is 59.7 Å². The lowest BCUT2D eigenvalue weighted by Gasteiger charge is -2.28. The van der Waals surface area contributed by atoms with E-state index in [-0.39, 0.29) is 0 Å². The number of hydrogen-bond donors (Lipinski definition) is 0. The van der Waals surface area contributed by atoms with E-state index in [0.29, 0.717) is 39.6 Å². The van der Waals surface area contributed by atoms with Crippen molar-refractivity contribution in [1.82, 2.24) is 0 Å². The monoisotopic (exact) mass is 690 g/mol. The van der Waals surface area contributed by atoms with Crippen molar-refractivity contribution in [2.75, 3.05) is 39.6 Å². The Morgan fingerprint density at radius 1 is 0.476 bits per heavy atom. The van der Waals surface area contributed by atoms with E-state index in [1.54, 1.807) is 0 Å². The van der Waals surface area contributed by atoms with Crippen molar-refractivity contribution in [3.8, 4) is 0 Å². The minimum Gasteiger partial charge on any atom is -0.374 e. The second-order valence-corrected chi connectivity index (χ2v) is 20.4. The van der Waals surface area contributed by atoms with Gasteiger partial charge >= 0.3 is 17.6 Å². The van der Waals surface area contributed by atoms with Gasteiger partial charge in [0, 0.05) is 61.5 Å². The van der Waals surface area contributed by atoms with Gasteiger partial charge in [0.2, 0.25) is 0 Å². The Balaban J connectivity index is 1.90. The van der Waals surface area contributed by atoms with Crippen LogP contribution in [0.5, 0.6) is 0 Å². The van der Waals surface area contributed by atoms with Gasteiger partial charge in [-0.25, -0.2) is 0 Å². The van der Waals surface area contributed by atoms with Gasteiger partial charge in [-0.3, -0.25) is 0 Å². The second kappa shape index (κ2) is 22.5. The fraction of sp³-hybridized carbons (Fsp3) is 0.600. The van der Waals surface area contributed by atoms with Crippen molar-refractivity contribution in [2.45, 2.75) is 89.1 Å². The maximum atomic E-state index is 6.05. The van der Waals surface area contributed by atoms with Crippen LogP contribution in [0, 0.1) is 0 Å². The van der Waals surface area contributed by atoms with Gasteiger partial charge in [0.1, 0.15) is 0 Å². The lowest BCUT2D eigenvalue weighted by Crippen LogP contribution is -2.46. The lowest BCUT2D eigenvalue weighted by atomic mass is 10.1. The van der Waals surface area contributed by atoms with E-state index in [4.69, 9.17) is 26.6 Å². The highest BCUT2D eigenvalue weighted by Crippen LogP contribution is 2.50. The smallest absolute Gasteiger partial charge is 0.374 e. The molecule has 0 saturated heterocycles. The summed E-state index contributed by atoms with van der Waals surface area (Å²) < 4.78 is 36.3. The van der Waals surface area contributed by atoms with Crippen LogP contribution in [-0.2, 0) is 39.4 Å². The van der Waals surface area contributed by atoms with Crippen molar-refractivity contribution in [3.63, 3.8) is 0 Å². The van der Waals surface area contributed by atoms with E-state index in [2.05, 4.69) is 48.5 Å². The molecule has 2 rings (SSSR count). The van der Waals surface area contributed by atoms with Crippen LogP contribution in [0.3, 0.4) is 0 Å². The van der Waals surface area contributed by atoms with Crippen LogP contribution in [0.1, 0.15) is 65.5 Å². The minimum atomic E-state index is -2.61. The molecule has 0 bridgehead atoms. The molecule has 0 aliphatic heterocycles. The summed E-state index contributed by atoms with van der Waals surface area (Å²) in [5, 5.41) is 0. The largest absolute Gasteiger partial charge is 0.500 e. The summed E-state index contributed by atoms with van der Waals surface area (Å²) in [6.45, 7) is 15.8. The SMILES string of the molecule is CCO[Si](CCCc1ccccc1SSSSc1ccccc1CCC[Si](OCC)(OCC)OCC)(OCC)OCC. The molecule has 0 radical (unpaired) electrons. The highest BCUT2D eigenvalue weighted by Gasteiger charge is 2.40. The molecular formula is C30H50O6S4Si2. The first-order valence-electron chi connectivity index (χ1n) is 15.2. The summed E-state index contributed by atoms with van der Waals surface area (Å²) in [5.41, 5.74) is 2.72. The van der Waals surface area contributed by atoms with Gasteiger partial charge in [-0.05, 0) is 132 Å². The minimum absolute atomic E-state index is 0.615. The molecule has 0 heterocycles. The highest BCUT2D eigenvalue weighted by molar-refractivity contribution is 9.26. The molecule has 2 aromatic carbocycles. The maximum Gasteiger partial charge on any atom is 0.500 e. The van der Waals surface area contributed by atoms with E-state index in [1.165, 1.54) is 20.9 Å². The van der Waals surface area contributed by atoms with Crippen LogP contribution < -0.4 is 0 Å². The van der Waals surface area contributed by atoms with Gasteiger partial charge in [0.05, 0.1) is 0 Å². The highest BCUT2D eigenvalue weighted by atomic mass is 33.7. The molecule has 12 heteroatoms. The predicted molar refractivity (Wildman–Crippen MR) is 187 cm³/mol. The number of rotatable bonds is 25. The summed E-state index contributed by atoms with van der Waals surface area (Å²) >= 11 is 0. The third-order valence-corrected chi connectivity index (χ3v) is 18.8. The van der Waals surface area contributed by atoms with E-state index in [1.807, 2.05) is 82.8 Å². The zero-order valence-electron chi connectivity index (χ0n) is 26.2. The normalized spacial score (nSPS) is 12.2. The molecule has 0 spiro atoms. The second-order valence-electron chi connectivity index (χ2n) is 9.19. The third-order valence-electron chi connectivity index (χ3n) is 6.26. The van der Waals surface area contributed by atoms with Crippen LogP contribution in [0.15, 0.2) is 58.3 Å². The molecular weight excluding hydrogens is 641 g/mol. The standard InChI is InChI=1S/C30H50O6S4Si2/c1-7-31-41(32-8-2,33-9-3)25-17-21-27-19-13-15-23-29(27)37-39-40-38-30-24-16-14-20-28(30)22-18-26-42(34-10-4,35-11-5)36-12-6/h13-16,19-20,23-24H,7-12,17-18,21-22,25-26H2,1-6H3. The van der Waals surface area contributed by atoms with Crippen LogP contribution in [0.2, 0.25) is 12.1 Å². The van der Waals surface area contributed by atoms with Gasteiger partial charge < -0.3 is 26.6 Å². The van der Waals surface area contributed by atoms with Gasteiger partial charge in [-0.15, -0.1) is 0 Å². The van der Waals surface area contributed by atoms with Crippen LogP contribution in [-0.4, -0.2) is 57.3 Å². The first-order chi connectivity index (χ1) is 20.5. The van der Waals surface area contributed by atoms with Crippen molar-refractivity contribution >= 4 is 58.8 Å². The summed E-state index contributed by atoms with van der Waals surface area (Å²) in [6.07, 6.45) is 3.90. The Hall–Kier alpha value is 0.0338. The Labute approximate surface area is 272 Å². The average Bonchev–Trinajstić information content (AvgIpc) is 2.97. The van der Waals surface area contributed by atoms with Gasteiger partial charge in [0.25, 0.3) is 0 Å². The van der Waals surface area contributed by atoms with E-state index < -0.39 is 17.6 Å². The maximum absolute atomic E-state index is 6.05. The molecule has 238 valence electrons.